The molecule has 0 aliphatic carbocycles. The molecule has 4 nitrogen and oxygen atoms in total. The van der Waals surface area contributed by atoms with E-state index in [1.165, 1.54) is 38.5 Å². The molecule has 0 spiro atoms. The van der Waals surface area contributed by atoms with Crippen molar-refractivity contribution in [1.82, 2.24) is 0 Å². The summed E-state index contributed by atoms with van der Waals surface area (Å²) in [6, 6.07) is 0. The third kappa shape index (κ3) is 44.6. The fraction of sp³-hybridized carbons (Fsp3) is 1.00. The molecular formula is C14H34O4. The van der Waals surface area contributed by atoms with Gasteiger partial charge in [0.2, 0.25) is 0 Å². The molecule has 0 radical (unpaired) electrons. The lowest BCUT2D eigenvalue weighted by molar-refractivity contribution is -0.00282. The van der Waals surface area contributed by atoms with Crippen molar-refractivity contribution in [2.45, 2.75) is 52.4 Å². The van der Waals surface area contributed by atoms with Crippen molar-refractivity contribution in [3.63, 3.8) is 0 Å². The zero-order valence-electron chi connectivity index (χ0n) is 13.3. The molecule has 0 aromatic rings. The first-order valence-electron chi connectivity index (χ1n) is 6.70. The maximum atomic E-state index is 4.47. The highest BCUT2D eigenvalue weighted by atomic mass is 16.7. The topological polar surface area (TPSA) is 36.9 Å². The second-order valence-corrected chi connectivity index (χ2v) is 3.80. The highest BCUT2D eigenvalue weighted by Crippen LogP contribution is 2.03. The van der Waals surface area contributed by atoms with Crippen LogP contribution < -0.4 is 0 Å². The van der Waals surface area contributed by atoms with Gasteiger partial charge < -0.3 is 18.9 Å². The van der Waals surface area contributed by atoms with Gasteiger partial charge >= 0.3 is 0 Å². The van der Waals surface area contributed by atoms with Gasteiger partial charge in [0, 0.05) is 28.4 Å². The summed E-state index contributed by atoms with van der Waals surface area (Å²) in [7, 11) is 6.35. The maximum absolute atomic E-state index is 4.47. The molecule has 4 heteroatoms. The van der Waals surface area contributed by atoms with Gasteiger partial charge in [-0.3, -0.25) is 0 Å². The van der Waals surface area contributed by atoms with Crippen LogP contribution in [0.3, 0.4) is 0 Å². The first kappa shape index (κ1) is 23.0. The fourth-order valence-corrected chi connectivity index (χ4v) is 1.09. The monoisotopic (exact) mass is 266 g/mol. The summed E-state index contributed by atoms with van der Waals surface area (Å²) in [6.45, 7) is 5.29. The van der Waals surface area contributed by atoms with Gasteiger partial charge in [-0.25, -0.2) is 0 Å². The van der Waals surface area contributed by atoms with Crippen LogP contribution >= 0.6 is 0 Å². The second kappa shape index (κ2) is 30.1. The minimum atomic E-state index is 0.389. The van der Waals surface area contributed by atoms with Gasteiger partial charge in [-0.05, 0) is 0 Å². The molecule has 0 aliphatic rings. The number of hydrogen-bond donors (Lipinski definition) is 0. The molecule has 114 valence electrons. The van der Waals surface area contributed by atoms with E-state index in [0.29, 0.717) is 13.6 Å². The quantitative estimate of drug-likeness (QED) is 0.469. The number of methoxy groups -OCH3 is 4. The van der Waals surface area contributed by atoms with Crippen molar-refractivity contribution in [2.75, 3.05) is 42.0 Å². The van der Waals surface area contributed by atoms with Crippen LogP contribution in [0, 0.1) is 0 Å². The van der Waals surface area contributed by atoms with Crippen molar-refractivity contribution >= 4 is 0 Å². The van der Waals surface area contributed by atoms with E-state index in [1.54, 1.807) is 28.4 Å². The Bertz CT molecular complexity index is 83.8. The Morgan fingerprint density at radius 3 is 0.889 bits per heavy atom. The van der Waals surface area contributed by atoms with Crippen molar-refractivity contribution in [3.05, 3.63) is 0 Å². The Kier molecular flexibility index (Phi) is 38.5. The molecule has 0 aromatic carbocycles. The number of unbranched alkanes of at least 4 members (excludes halogenated alkanes) is 5. The largest absolute Gasteiger partial charge is 0.359 e. The molecular weight excluding hydrogens is 232 g/mol. The van der Waals surface area contributed by atoms with E-state index < -0.39 is 0 Å². The van der Waals surface area contributed by atoms with E-state index in [9.17, 15) is 0 Å². The molecule has 18 heavy (non-hydrogen) atoms. The molecule has 0 saturated heterocycles. The molecule has 0 atom stereocenters. The molecule has 0 heterocycles. The standard InChI is InChI=1S/C8H18.2C3H8O2/c1-3-5-7-8-6-4-2;2*1-4-3-5-2/h3-8H2,1-2H3;2*3H2,1-2H3. The minimum absolute atomic E-state index is 0.389. The van der Waals surface area contributed by atoms with Gasteiger partial charge in [-0.2, -0.15) is 0 Å². The average molecular weight is 266 g/mol. The van der Waals surface area contributed by atoms with E-state index in [0.717, 1.165) is 0 Å². The van der Waals surface area contributed by atoms with E-state index in [1.807, 2.05) is 0 Å². The zero-order valence-corrected chi connectivity index (χ0v) is 13.3. The van der Waals surface area contributed by atoms with Crippen molar-refractivity contribution in [2.24, 2.45) is 0 Å². The lowest BCUT2D eigenvalue weighted by Crippen LogP contribution is -1.87. The van der Waals surface area contributed by atoms with Crippen LogP contribution in [0.15, 0.2) is 0 Å². The Morgan fingerprint density at radius 2 is 0.778 bits per heavy atom. The van der Waals surface area contributed by atoms with Crippen LogP contribution in [-0.4, -0.2) is 42.0 Å². The Labute approximate surface area is 114 Å². The van der Waals surface area contributed by atoms with E-state index in [-0.39, 0.29) is 0 Å². The Balaban J connectivity index is -0.000000197. The van der Waals surface area contributed by atoms with Crippen molar-refractivity contribution in [3.8, 4) is 0 Å². The molecule has 0 N–H and O–H groups in total. The predicted octanol–water partition coefficient (Wildman–Crippen LogP) is 3.84. The van der Waals surface area contributed by atoms with Crippen LogP contribution in [0.25, 0.3) is 0 Å². The van der Waals surface area contributed by atoms with Crippen molar-refractivity contribution < 1.29 is 18.9 Å². The van der Waals surface area contributed by atoms with E-state index in [4.69, 9.17) is 0 Å². The summed E-state index contributed by atoms with van der Waals surface area (Å²) in [5, 5.41) is 0. The summed E-state index contributed by atoms with van der Waals surface area (Å²) in [4.78, 5) is 0. The smallest absolute Gasteiger partial charge is 0.145 e. The Hall–Kier alpha value is -0.160. The summed E-state index contributed by atoms with van der Waals surface area (Å²) in [6.07, 6.45) is 8.49. The van der Waals surface area contributed by atoms with Crippen LogP contribution in [0.2, 0.25) is 0 Å². The van der Waals surface area contributed by atoms with Gasteiger partial charge in [0.1, 0.15) is 13.6 Å². The van der Waals surface area contributed by atoms with E-state index in [2.05, 4.69) is 32.8 Å². The SMILES string of the molecule is CCCCCCCC.COCOC.COCOC. The molecule has 0 saturated carbocycles. The van der Waals surface area contributed by atoms with Crippen LogP contribution in [0.4, 0.5) is 0 Å². The molecule has 0 bridgehead atoms. The summed E-state index contributed by atoms with van der Waals surface area (Å²) in [5.41, 5.74) is 0. The summed E-state index contributed by atoms with van der Waals surface area (Å²) < 4.78 is 17.9. The van der Waals surface area contributed by atoms with Gasteiger partial charge in [0.05, 0.1) is 0 Å². The van der Waals surface area contributed by atoms with Crippen LogP contribution in [-0.2, 0) is 18.9 Å². The summed E-state index contributed by atoms with van der Waals surface area (Å²) >= 11 is 0. The molecule has 0 rings (SSSR count). The first-order chi connectivity index (χ1) is 8.74. The van der Waals surface area contributed by atoms with Gasteiger partial charge in [0.15, 0.2) is 0 Å². The molecule has 0 aliphatic heterocycles. The summed E-state index contributed by atoms with van der Waals surface area (Å²) in [5.74, 6) is 0. The average Bonchev–Trinajstić information content (AvgIpc) is 2.38. The van der Waals surface area contributed by atoms with Gasteiger partial charge in [-0.15, -0.1) is 0 Å². The number of rotatable bonds is 9. The second-order valence-electron chi connectivity index (χ2n) is 3.80. The molecule has 0 fully saturated rings. The van der Waals surface area contributed by atoms with Crippen LogP contribution in [0.5, 0.6) is 0 Å². The Morgan fingerprint density at radius 1 is 0.500 bits per heavy atom. The highest BCUT2D eigenvalue weighted by Gasteiger charge is 1.83. The highest BCUT2D eigenvalue weighted by molar-refractivity contribution is 4.39. The van der Waals surface area contributed by atoms with Crippen LogP contribution in [0.1, 0.15) is 52.4 Å². The van der Waals surface area contributed by atoms with E-state index >= 15 is 0 Å². The maximum Gasteiger partial charge on any atom is 0.145 e. The lowest BCUT2D eigenvalue weighted by Gasteiger charge is -1.93. The number of ether oxygens (including phenoxy) is 4. The third-order valence-corrected chi connectivity index (χ3v) is 1.93. The molecule has 0 aromatic heterocycles. The third-order valence-electron chi connectivity index (χ3n) is 1.93. The normalized spacial score (nSPS) is 9.00. The van der Waals surface area contributed by atoms with Crippen molar-refractivity contribution in [1.29, 1.82) is 0 Å². The zero-order chi connectivity index (χ0) is 14.5. The fourth-order valence-electron chi connectivity index (χ4n) is 1.09. The molecule has 0 amide bonds. The predicted molar refractivity (Wildman–Crippen MR) is 76.8 cm³/mol. The first-order valence-corrected chi connectivity index (χ1v) is 6.70. The van der Waals surface area contributed by atoms with Gasteiger partial charge in [0.25, 0.3) is 0 Å². The molecule has 0 unspecified atom stereocenters. The lowest BCUT2D eigenvalue weighted by atomic mass is 10.1. The van der Waals surface area contributed by atoms with Gasteiger partial charge in [-0.1, -0.05) is 52.4 Å². The minimum Gasteiger partial charge on any atom is -0.359 e. The number of hydrogen-bond acceptors (Lipinski definition) is 4.